The summed E-state index contributed by atoms with van der Waals surface area (Å²) in [6.45, 7) is 1.21. The van der Waals surface area contributed by atoms with Crippen molar-refractivity contribution in [2.24, 2.45) is 0 Å². The lowest BCUT2D eigenvalue weighted by Gasteiger charge is -2.49. The van der Waals surface area contributed by atoms with Crippen LogP contribution in [0.4, 0.5) is 10.1 Å². The fourth-order valence-electron chi connectivity index (χ4n) is 3.01. The zero-order valence-electron chi connectivity index (χ0n) is 12.8. The van der Waals surface area contributed by atoms with Crippen LogP contribution in [0.5, 0.6) is 0 Å². The Kier molecular flexibility index (Phi) is 4.58. The van der Waals surface area contributed by atoms with Crippen LogP contribution in [0.1, 0.15) is 24.8 Å². The van der Waals surface area contributed by atoms with Crippen molar-refractivity contribution in [2.75, 3.05) is 27.7 Å². The van der Waals surface area contributed by atoms with Crippen molar-refractivity contribution in [1.82, 2.24) is 9.80 Å². The monoisotopic (exact) mass is 295 g/mol. The van der Waals surface area contributed by atoms with Crippen molar-refractivity contribution in [1.29, 1.82) is 0 Å². The molecule has 0 amide bonds. The summed E-state index contributed by atoms with van der Waals surface area (Å²) in [5.74, 6) is -0.720. The number of rotatable bonds is 6. The lowest BCUT2D eigenvalue weighted by molar-refractivity contribution is -0.387. The molecule has 1 aliphatic rings. The van der Waals surface area contributed by atoms with E-state index in [1.807, 2.05) is 11.9 Å². The molecule has 0 N–H and O–H groups in total. The molecule has 5 nitrogen and oxygen atoms in total. The van der Waals surface area contributed by atoms with Gasteiger partial charge < -0.3 is 9.80 Å². The van der Waals surface area contributed by atoms with Gasteiger partial charge in [0.1, 0.15) is 0 Å². The van der Waals surface area contributed by atoms with E-state index in [9.17, 15) is 14.5 Å². The first-order chi connectivity index (χ1) is 9.85. The largest absolute Gasteiger partial charge is 0.305 e. The first kappa shape index (κ1) is 15.9. The summed E-state index contributed by atoms with van der Waals surface area (Å²) in [6.07, 6.45) is 3.50. The quantitative estimate of drug-likeness (QED) is 0.598. The van der Waals surface area contributed by atoms with Crippen LogP contribution >= 0.6 is 0 Å². The van der Waals surface area contributed by atoms with Gasteiger partial charge in [-0.25, -0.2) is 0 Å². The van der Waals surface area contributed by atoms with Crippen LogP contribution in [0, 0.1) is 15.9 Å². The van der Waals surface area contributed by atoms with Gasteiger partial charge in [0.05, 0.1) is 4.92 Å². The Morgan fingerprint density at radius 2 is 2.00 bits per heavy atom. The SMILES string of the molecule is CN(Cc1cccc([N+](=O)[O-])c1F)CC1(N(C)C)CCC1. The molecule has 6 heteroatoms. The molecule has 0 aliphatic heterocycles. The molecule has 116 valence electrons. The van der Waals surface area contributed by atoms with E-state index in [4.69, 9.17) is 0 Å². The summed E-state index contributed by atoms with van der Waals surface area (Å²) in [6, 6.07) is 4.35. The molecule has 0 bridgehead atoms. The highest BCUT2D eigenvalue weighted by Crippen LogP contribution is 2.37. The minimum atomic E-state index is -0.720. The number of nitrogens with zero attached hydrogens (tertiary/aromatic N) is 3. The second-order valence-corrected chi connectivity index (χ2v) is 6.15. The second-order valence-electron chi connectivity index (χ2n) is 6.15. The molecule has 21 heavy (non-hydrogen) atoms. The van der Waals surface area contributed by atoms with Crippen LogP contribution in [0.25, 0.3) is 0 Å². The van der Waals surface area contributed by atoms with Gasteiger partial charge in [0, 0.05) is 30.3 Å². The molecule has 1 fully saturated rings. The molecule has 1 saturated carbocycles. The topological polar surface area (TPSA) is 49.6 Å². The van der Waals surface area contributed by atoms with E-state index in [1.165, 1.54) is 18.6 Å². The molecule has 0 radical (unpaired) electrons. The van der Waals surface area contributed by atoms with E-state index < -0.39 is 16.4 Å². The smallest absolute Gasteiger partial charge is 0.302 e. The van der Waals surface area contributed by atoms with Crippen molar-refractivity contribution in [2.45, 2.75) is 31.3 Å². The Labute approximate surface area is 124 Å². The Morgan fingerprint density at radius 1 is 1.33 bits per heavy atom. The van der Waals surface area contributed by atoms with Gasteiger partial charge >= 0.3 is 5.69 Å². The summed E-state index contributed by atoms with van der Waals surface area (Å²) >= 11 is 0. The lowest BCUT2D eigenvalue weighted by atomic mass is 9.75. The van der Waals surface area contributed by atoms with Crippen LogP contribution in [-0.2, 0) is 6.54 Å². The summed E-state index contributed by atoms with van der Waals surface area (Å²) in [4.78, 5) is 14.4. The Hall–Kier alpha value is -1.53. The fourth-order valence-corrected chi connectivity index (χ4v) is 3.01. The standard InChI is InChI=1S/C15H22FN3O2/c1-17(2)15(8-5-9-15)11-18(3)10-12-6-4-7-13(14(12)16)19(20)21/h4,6-7H,5,8-11H2,1-3H3. The molecule has 0 spiro atoms. The highest BCUT2D eigenvalue weighted by Gasteiger charge is 2.39. The molecule has 0 unspecified atom stereocenters. The predicted octanol–water partition coefficient (Wildman–Crippen LogP) is 2.65. The van der Waals surface area contributed by atoms with E-state index >= 15 is 0 Å². The van der Waals surface area contributed by atoms with Crippen LogP contribution in [0.15, 0.2) is 18.2 Å². The summed E-state index contributed by atoms with van der Waals surface area (Å²) in [5.41, 5.74) is 0.0816. The van der Waals surface area contributed by atoms with Crippen molar-refractivity contribution in [3.05, 3.63) is 39.7 Å². The van der Waals surface area contributed by atoms with E-state index in [0.717, 1.165) is 19.4 Å². The molecule has 0 saturated heterocycles. The van der Waals surface area contributed by atoms with Gasteiger partial charge in [0.2, 0.25) is 5.82 Å². The van der Waals surface area contributed by atoms with Gasteiger partial charge in [-0.1, -0.05) is 12.1 Å². The maximum absolute atomic E-state index is 14.1. The van der Waals surface area contributed by atoms with Crippen LogP contribution < -0.4 is 0 Å². The summed E-state index contributed by atoms with van der Waals surface area (Å²) < 4.78 is 14.1. The van der Waals surface area contributed by atoms with Gasteiger partial charge in [-0.15, -0.1) is 0 Å². The van der Waals surface area contributed by atoms with Crippen molar-refractivity contribution in [3.63, 3.8) is 0 Å². The van der Waals surface area contributed by atoms with Crippen LogP contribution in [0.2, 0.25) is 0 Å². The number of likely N-dealkylation sites (N-methyl/N-ethyl adjacent to an activating group) is 2. The molecule has 1 aromatic rings. The van der Waals surface area contributed by atoms with Crippen LogP contribution in [0.3, 0.4) is 0 Å². The van der Waals surface area contributed by atoms with Crippen molar-refractivity contribution in [3.8, 4) is 0 Å². The van der Waals surface area contributed by atoms with Crippen molar-refractivity contribution >= 4 is 5.69 Å². The van der Waals surface area contributed by atoms with E-state index in [2.05, 4.69) is 19.0 Å². The Morgan fingerprint density at radius 3 is 2.48 bits per heavy atom. The number of benzene rings is 1. The number of hydrogen-bond donors (Lipinski definition) is 0. The minimum absolute atomic E-state index is 0.159. The number of halogens is 1. The van der Waals surface area contributed by atoms with Gasteiger partial charge in [0.15, 0.2) is 0 Å². The molecule has 0 aromatic heterocycles. The average molecular weight is 295 g/mol. The number of nitro benzene ring substituents is 1. The van der Waals surface area contributed by atoms with E-state index in [1.54, 1.807) is 6.07 Å². The first-order valence-electron chi connectivity index (χ1n) is 7.13. The molecular formula is C15H22FN3O2. The molecule has 0 heterocycles. The number of nitro groups is 1. The van der Waals surface area contributed by atoms with Gasteiger partial charge in [-0.3, -0.25) is 10.1 Å². The zero-order chi connectivity index (χ0) is 15.6. The minimum Gasteiger partial charge on any atom is -0.302 e. The van der Waals surface area contributed by atoms with E-state index in [-0.39, 0.29) is 5.54 Å². The van der Waals surface area contributed by atoms with Gasteiger partial charge in [-0.2, -0.15) is 4.39 Å². The van der Waals surface area contributed by atoms with Crippen LogP contribution in [-0.4, -0.2) is 47.9 Å². The summed E-state index contributed by atoms with van der Waals surface area (Å²) in [5, 5.41) is 10.8. The Balaban J connectivity index is 2.08. The maximum Gasteiger partial charge on any atom is 0.305 e. The third kappa shape index (κ3) is 3.22. The van der Waals surface area contributed by atoms with E-state index in [0.29, 0.717) is 12.1 Å². The normalized spacial score (nSPS) is 17.0. The first-order valence-corrected chi connectivity index (χ1v) is 7.13. The van der Waals surface area contributed by atoms with Gasteiger partial charge in [-0.05, 0) is 40.4 Å². The average Bonchev–Trinajstić information content (AvgIpc) is 2.35. The summed E-state index contributed by atoms with van der Waals surface area (Å²) in [7, 11) is 6.07. The second kappa shape index (κ2) is 6.07. The Bertz CT molecular complexity index is 530. The maximum atomic E-state index is 14.1. The molecule has 0 atom stereocenters. The number of hydrogen-bond acceptors (Lipinski definition) is 4. The molecule has 1 aromatic carbocycles. The zero-order valence-corrected chi connectivity index (χ0v) is 12.8. The third-order valence-electron chi connectivity index (χ3n) is 4.49. The molecule has 1 aliphatic carbocycles. The molecule has 2 rings (SSSR count). The fraction of sp³-hybridized carbons (Fsp3) is 0.600. The highest BCUT2D eigenvalue weighted by molar-refractivity contribution is 5.36. The third-order valence-corrected chi connectivity index (χ3v) is 4.49. The van der Waals surface area contributed by atoms with Crippen molar-refractivity contribution < 1.29 is 9.31 Å². The lowest BCUT2D eigenvalue weighted by Crippen LogP contribution is -2.56. The molecular weight excluding hydrogens is 273 g/mol. The van der Waals surface area contributed by atoms with Gasteiger partial charge in [0.25, 0.3) is 0 Å². The predicted molar refractivity (Wildman–Crippen MR) is 79.7 cm³/mol. The highest BCUT2D eigenvalue weighted by atomic mass is 19.1.